The topological polar surface area (TPSA) is 47.6 Å². The van der Waals surface area contributed by atoms with Crippen molar-refractivity contribution in [2.24, 2.45) is 0 Å². The van der Waals surface area contributed by atoms with Gasteiger partial charge in [-0.3, -0.25) is 4.79 Å². The molecule has 23 heavy (non-hydrogen) atoms. The Morgan fingerprint density at radius 3 is 2.83 bits per heavy atom. The first kappa shape index (κ1) is 17.5. The van der Waals surface area contributed by atoms with Gasteiger partial charge < -0.3 is 14.8 Å². The van der Waals surface area contributed by atoms with Crippen molar-refractivity contribution >= 4 is 12.0 Å². The normalized spacial score (nSPS) is 15.7. The summed E-state index contributed by atoms with van der Waals surface area (Å²) in [6.45, 7) is 1.36. The summed E-state index contributed by atoms with van der Waals surface area (Å²) in [6.07, 6.45) is 10.9. The molecular formula is C19H27NO3. The van der Waals surface area contributed by atoms with Gasteiger partial charge in [-0.05, 0) is 31.4 Å². The van der Waals surface area contributed by atoms with Gasteiger partial charge in [0.2, 0.25) is 5.91 Å². The fourth-order valence-corrected chi connectivity index (χ4v) is 2.79. The average molecular weight is 317 g/mol. The van der Waals surface area contributed by atoms with E-state index in [4.69, 9.17) is 9.47 Å². The van der Waals surface area contributed by atoms with E-state index in [1.807, 2.05) is 24.3 Å². The molecule has 0 radical (unpaired) electrons. The van der Waals surface area contributed by atoms with E-state index < -0.39 is 0 Å². The highest BCUT2D eigenvalue weighted by Gasteiger charge is 2.12. The Labute approximate surface area is 138 Å². The molecule has 0 atom stereocenters. The lowest BCUT2D eigenvalue weighted by atomic mass is 9.98. The van der Waals surface area contributed by atoms with Gasteiger partial charge in [0.05, 0.1) is 13.2 Å². The number of rotatable bonds is 8. The van der Waals surface area contributed by atoms with Crippen molar-refractivity contribution in [1.29, 1.82) is 0 Å². The second-order valence-corrected chi connectivity index (χ2v) is 5.85. The lowest BCUT2D eigenvalue weighted by Crippen LogP contribution is -2.24. The lowest BCUT2D eigenvalue weighted by Gasteiger charge is -2.21. The largest absolute Gasteiger partial charge is 0.496 e. The van der Waals surface area contributed by atoms with Crippen LogP contribution in [0, 0.1) is 0 Å². The molecule has 1 saturated carbocycles. The summed E-state index contributed by atoms with van der Waals surface area (Å²) in [6, 6.07) is 7.62. The van der Waals surface area contributed by atoms with E-state index in [1.54, 1.807) is 19.3 Å². The Morgan fingerprint density at radius 1 is 1.26 bits per heavy atom. The van der Waals surface area contributed by atoms with Crippen LogP contribution in [0.5, 0.6) is 5.75 Å². The van der Waals surface area contributed by atoms with Crippen LogP contribution in [0.4, 0.5) is 0 Å². The molecule has 1 aromatic carbocycles. The molecule has 4 nitrogen and oxygen atoms in total. The monoisotopic (exact) mass is 317 g/mol. The maximum atomic E-state index is 11.8. The number of ether oxygens (including phenoxy) is 2. The number of amides is 1. The molecule has 0 aliphatic heterocycles. The minimum Gasteiger partial charge on any atom is -0.496 e. The van der Waals surface area contributed by atoms with Gasteiger partial charge in [-0.2, -0.15) is 0 Å². The predicted octanol–water partition coefficient (Wildman–Crippen LogP) is 3.56. The van der Waals surface area contributed by atoms with Gasteiger partial charge in [-0.1, -0.05) is 37.5 Å². The molecule has 1 N–H and O–H groups in total. The van der Waals surface area contributed by atoms with E-state index in [0.29, 0.717) is 12.6 Å². The third kappa shape index (κ3) is 6.45. The molecule has 1 aliphatic carbocycles. The molecule has 126 valence electrons. The maximum Gasteiger partial charge on any atom is 0.244 e. The van der Waals surface area contributed by atoms with Crippen LogP contribution in [0.25, 0.3) is 6.08 Å². The van der Waals surface area contributed by atoms with Crippen molar-refractivity contribution in [2.75, 3.05) is 20.3 Å². The summed E-state index contributed by atoms with van der Waals surface area (Å²) in [5.74, 6) is 0.672. The van der Waals surface area contributed by atoms with Gasteiger partial charge in [0.25, 0.3) is 0 Å². The number of carbonyl (C=O) groups excluding carboxylic acids is 1. The van der Waals surface area contributed by atoms with Gasteiger partial charge in [-0.25, -0.2) is 0 Å². The smallest absolute Gasteiger partial charge is 0.244 e. The molecule has 0 heterocycles. The van der Waals surface area contributed by atoms with Crippen LogP contribution in [0.1, 0.15) is 44.1 Å². The summed E-state index contributed by atoms with van der Waals surface area (Å²) < 4.78 is 11.1. The molecule has 0 saturated heterocycles. The molecular weight excluding hydrogens is 290 g/mol. The number of hydrogen-bond donors (Lipinski definition) is 1. The zero-order valence-corrected chi connectivity index (χ0v) is 13.9. The fraction of sp³-hybridized carbons (Fsp3) is 0.526. The van der Waals surface area contributed by atoms with Gasteiger partial charge in [0, 0.05) is 24.8 Å². The zero-order valence-electron chi connectivity index (χ0n) is 13.9. The molecule has 0 bridgehead atoms. The van der Waals surface area contributed by atoms with Gasteiger partial charge in [0.1, 0.15) is 5.75 Å². The maximum absolute atomic E-state index is 11.8. The first-order chi connectivity index (χ1) is 11.3. The molecule has 1 fully saturated rings. The third-order valence-electron chi connectivity index (χ3n) is 4.08. The van der Waals surface area contributed by atoms with Crippen molar-refractivity contribution in [3.8, 4) is 5.75 Å². The Bertz CT molecular complexity index is 507. The Balaban J connectivity index is 1.62. The molecule has 0 spiro atoms. The first-order valence-electron chi connectivity index (χ1n) is 8.50. The summed E-state index contributed by atoms with van der Waals surface area (Å²) in [5, 5.41) is 2.88. The Hall–Kier alpha value is -1.81. The molecule has 0 aromatic heterocycles. The molecule has 0 unspecified atom stereocenters. The van der Waals surface area contributed by atoms with Crippen molar-refractivity contribution in [3.05, 3.63) is 35.9 Å². The minimum absolute atomic E-state index is 0.0893. The summed E-state index contributed by atoms with van der Waals surface area (Å²) in [4.78, 5) is 11.8. The van der Waals surface area contributed by atoms with Crippen LogP contribution in [-0.4, -0.2) is 32.3 Å². The minimum atomic E-state index is -0.0893. The van der Waals surface area contributed by atoms with E-state index in [-0.39, 0.29) is 5.91 Å². The number of methoxy groups -OCH3 is 1. The SMILES string of the molecule is COc1ccccc1/C=C/C(=O)NCCCOC1CCCCC1. The highest BCUT2D eigenvalue weighted by Crippen LogP contribution is 2.20. The molecule has 1 amide bonds. The summed E-state index contributed by atoms with van der Waals surface area (Å²) >= 11 is 0. The molecule has 1 aliphatic rings. The molecule has 4 heteroatoms. The van der Waals surface area contributed by atoms with Gasteiger partial charge >= 0.3 is 0 Å². The first-order valence-corrected chi connectivity index (χ1v) is 8.50. The zero-order chi connectivity index (χ0) is 16.3. The van der Waals surface area contributed by atoms with Gasteiger partial charge in [-0.15, -0.1) is 0 Å². The van der Waals surface area contributed by atoms with Crippen molar-refractivity contribution < 1.29 is 14.3 Å². The van der Waals surface area contributed by atoms with E-state index in [9.17, 15) is 4.79 Å². The fourth-order valence-electron chi connectivity index (χ4n) is 2.79. The van der Waals surface area contributed by atoms with Crippen LogP contribution in [0.3, 0.4) is 0 Å². The van der Waals surface area contributed by atoms with Crippen molar-refractivity contribution in [3.63, 3.8) is 0 Å². The van der Waals surface area contributed by atoms with E-state index >= 15 is 0 Å². The number of benzene rings is 1. The van der Waals surface area contributed by atoms with E-state index in [2.05, 4.69) is 5.32 Å². The van der Waals surface area contributed by atoms with Crippen molar-refractivity contribution in [2.45, 2.75) is 44.6 Å². The number of nitrogens with one attached hydrogen (secondary N) is 1. The second kappa shape index (κ2) is 10.1. The highest BCUT2D eigenvalue weighted by molar-refractivity contribution is 5.92. The summed E-state index contributed by atoms with van der Waals surface area (Å²) in [7, 11) is 1.62. The van der Waals surface area contributed by atoms with Crippen LogP contribution in [0.2, 0.25) is 0 Å². The summed E-state index contributed by atoms with van der Waals surface area (Å²) in [5.41, 5.74) is 0.894. The Morgan fingerprint density at radius 2 is 2.04 bits per heavy atom. The Kier molecular flexibility index (Phi) is 7.67. The van der Waals surface area contributed by atoms with E-state index in [0.717, 1.165) is 24.3 Å². The van der Waals surface area contributed by atoms with Crippen LogP contribution >= 0.6 is 0 Å². The quantitative estimate of drug-likeness (QED) is 0.589. The molecule has 2 rings (SSSR count). The lowest BCUT2D eigenvalue weighted by molar-refractivity contribution is -0.116. The second-order valence-electron chi connectivity index (χ2n) is 5.85. The highest BCUT2D eigenvalue weighted by atomic mass is 16.5. The molecule has 1 aromatic rings. The number of hydrogen-bond acceptors (Lipinski definition) is 3. The van der Waals surface area contributed by atoms with Crippen molar-refractivity contribution in [1.82, 2.24) is 5.32 Å². The average Bonchev–Trinajstić information content (AvgIpc) is 2.60. The van der Waals surface area contributed by atoms with E-state index in [1.165, 1.54) is 32.1 Å². The predicted molar refractivity (Wildman–Crippen MR) is 92.5 cm³/mol. The standard InChI is InChI=1S/C19H27NO3/c1-22-18-11-6-5-8-16(18)12-13-19(21)20-14-7-15-23-17-9-3-2-4-10-17/h5-6,8,11-13,17H,2-4,7,9-10,14-15H2,1H3,(H,20,21)/b13-12+. The van der Waals surface area contributed by atoms with Crippen LogP contribution in [-0.2, 0) is 9.53 Å². The third-order valence-corrected chi connectivity index (χ3v) is 4.08. The number of carbonyl (C=O) groups is 1. The van der Waals surface area contributed by atoms with Crippen LogP contribution < -0.4 is 10.1 Å². The number of para-hydroxylation sites is 1. The van der Waals surface area contributed by atoms with Crippen LogP contribution in [0.15, 0.2) is 30.3 Å². The van der Waals surface area contributed by atoms with Gasteiger partial charge in [0.15, 0.2) is 0 Å².